The van der Waals surface area contributed by atoms with Gasteiger partial charge in [0.25, 0.3) is 0 Å². The molecule has 1 heterocycles. The molecule has 5 heteroatoms. The third-order valence-electron chi connectivity index (χ3n) is 2.00. The molecule has 3 N–H and O–H groups in total. The van der Waals surface area contributed by atoms with Crippen LogP contribution in [0.15, 0.2) is 0 Å². The van der Waals surface area contributed by atoms with Crippen molar-refractivity contribution in [3.63, 3.8) is 0 Å². The number of cyclic esters (lactones) is 1. The van der Waals surface area contributed by atoms with Gasteiger partial charge in [-0.2, -0.15) is 0 Å². The Hall–Kier alpha value is -0.650. The largest absolute Gasteiger partial charge is 0.457 e. The molecular formula is C7H12O5. The van der Waals surface area contributed by atoms with Gasteiger partial charge in [-0.15, -0.1) is 0 Å². The molecule has 4 unspecified atom stereocenters. The lowest BCUT2D eigenvalue weighted by Crippen LogP contribution is -2.35. The van der Waals surface area contributed by atoms with E-state index in [1.165, 1.54) is 0 Å². The van der Waals surface area contributed by atoms with E-state index in [0.29, 0.717) is 0 Å². The normalized spacial score (nSPS) is 38.0. The summed E-state index contributed by atoms with van der Waals surface area (Å²) in [4.78, 5) is 10.7. The van der Waals surface area contributed by atoms with E-state index in [1.807, 2.05) is 0 Å². The minimum Gasteiger partial charge on any atom is -0.457 e. The van der Waals surface area contributed by atoms with E-state index in [9.17, 15) is 9.90 Å². The average molecular weight is 176 g/mol. The van der Waals surface area contributed by atoms with Gasteiger partial charge in [0, 0.05) is 12.5 Å². The lowest BCUT2D eigenvalue weighted by Gasteiger charge is -2.18. The predicted molar refractivity (Wildman–Crippen MR) is 38.1 cm³/mol. The highest BCUT2D eigenvalue weighted by molar-refractivity contribution is 5.77. The van der Waals surface area contributed by atoms with Gasteiger partial charge >= 0.3 is 5.97 Å². The number of carbonyl (C=O) groups excluding carboxylic acids is 1. The Balaban J connectivity index is 2.64. The van der Waals surface area contributed by atoms with Crippen LogP contribution in [0.25, 0.3) is 0 Å². The van der Waals surface area contributed by atoms with Crippen LogP contribution in [0.1, 0.15) is 6.92 Å². The van der Waals surface area contributed by atoms with Crippen molar-refractivity contribution < 1.29 is 24.9 Å². The Morgan fingerprint density at radius 1 is 1.58 bits per heavy atom. The SMILES string of the molecule is CC(CO)C1OC(=O)C(O)C1O. The number of aliphatic hydroxyl groups is 3. The summed E-state index contributed by atoms with van der Waals surface area (Å²) in [7, 11) is 0. The number of ether oxygens (including phenoxy) is 1. The van der Waals surface area contributed by atoms with Crippen LogP contribution in [-0.2, 0) is 9.53 Å². The Labute approximate surface area is 69.6 Å². The Morgan fingerprint density at radius 2 is 2.17 bits per heavy atom. The van der Waals surface area contributed by atoms with Gasteiger partial charge in [0.1, 0.15) is 12.2 Å². The standard InChI is InChI=1S/C7H12O5/c1-3(2-8)6-4(9)5(10)7(11)12-6/h3-6,8-10H,2H2,1H3. The fraction of sp³-hybridized carbons (Fsp3) is 0.857. The first-order chi connectivity index (χ1) is 5.57. The van der Waals surface area contributed by atoms with Gasteiger partial charge in [0.2, 0.25) is 0 Å². The van der Waals surface area contributed by atoms with Crippen LogP contribution >= 0.6 is 0 Å². The van der Waals surface area contributed by atoms with E-state index in [1.54, 1.807) is 6.92 Å². The predicted octanol–water partition coefficient (Wildman–Crippen LogP) is -1.74. The summed E-state index contributed by atoms with van der Waals surface area (Å²) in [5.41, 5.74) is 0. The van der Waals surface area contributed by atoms with Crippen molar-refractivity contribution in [3.8, 4) is 0 Å². The molecule has 12 heavy (non-hydrogen) atoms. The van der Waals surface area contributed by atoms with Gasteiger partial charge < -0.3 is 20.1 Å². The van der Waals surface area contributed by atoms with Crippen molar-refractivity contribution in [2.45, 2.75) is 25.2 Å². The zero-order valence-electron chi connectivity index (χ0n) is 6.67. The highest BCUT2D eigenvalue weighted by atomic mass is 16.6. The first-order valence-corrected chi connectivity index (χ1v) is 3.75. The number of esters is 1. The zero-order chi connectivity index (χ0) is 9.30. The molecule has 70 valence electrons. The molecule has 1 fully saturated rings. The zero-order valence-corrected chi connectivity index (χ0v) is 6.67. The van der Waals surface area contributed by atoms with Crippen LogP contribution in [0.3, 0.4) is 0 Å². The quantitative estimate of drug-likeness (QED) is 0.435. The van der Waals surface area contributed by atoms with Crippen molar-refractivity contribution in [2.75, 3.05) is 6.61 Å². The lowest BCUT2D eigenvalue weighted by atomic mass is 10.00. The molecule has 0 aromatic rings. The minimum absolute atomic E-state index is 0.193. The number of rotatable bonds is 2. The molecule has 1 saturated heterocycles. The molecule has 0 amide bonds. The van der Waals surface area contributed by atoms with E-state index >= 15 is 0 Å². The molecule has 0 aromatic carbocycles. The van der Waals surface area contributed by atoms with Gasteiger partial charge in [-0.05, 0) is 0 Å². The van der Waals surface area contributed by atoms with E-state index < -0.39 is 24.3 Å². The van der Waals surface area contributed by atoms with Gasteiger partial charge in [0.15, 0.2) is 6.10 Å². The van der Waals surface area contributed by atoms with Crippen LogP contribution < -0.4 is 0 Å². The summed E-state index contributed by atoms with van der Waals surface area (Å²) in [5, 5.41) is 26.9. The monoisotopic (exact) mass is 176 g/mol. The highest BCUT2D eigenvalue weighted by Crippen LogP contribution is 2.21. The smallest absolute Gasteiger partial charge is 0.338 e. The fourth-order valence-electron chi connectivity index (χ4n) is 1.15. The Bertz CT molecular complexity index is 181. The van der Waals surface area contributed by atoms with Crippen molar-refractivity contribution in [3.05, 3.63) is 0 Å². The molecule has 0 spiro atoms. The molecular weight excluding hydrogens is 164 g/mol. The van der Waals surface area contributed by atoms with E-state index in [4.69, 9.17) is 10.2 Å². The third kappa shape index (κ3) is 1.43. The van der Waals surface area contributed by atoms with Crippen LogP contribution in [0.4, 0.5) is 0 Å². The van der Waals surface area contributed by atoms with Gasteiger partial charge in [0.05, 0.1) is 0 Å². The van der Waals surface area contributed by atoms with Crippen molar-refractivity contribution in [1.82, 2.24) is 0 Å². The summed E-state index contributed by atoms with van der Waals surface area (Å²) in [6.45, 7) is 1.43. The number of hydrogen-bond acceptors (Lipinski definition) is 5. The first kappa shape index (κ1) is 9.44. The maximum Gasteiger partial charge on any atom is 0.338 e. The van der Waals surface area contributed by atoms with Crippen LogP contribution in [-0.4, -0.2) is 46.2 Å². The topological polar surface area (TPSA) is 87.0 Å². The Morgan fingerprint density at radius 3 is 2.50 bits per heavy atom. The molecule has 1 aliphatic heterocycles. The molecule has 1 aliphatic rings. The van der Waals surface area contributed by atoms with Gasteiger partial charge in [-0.25, -0.2) is 4.79 Å². The molecule has 0 radical (unpaired) electrons. The Kier molecular flexibility index (Phi) is 2.66. The lowest BCUT2D eigenvalue weighted by molar-refractivity contribution is -0.148. The molecule has 4 atom stereocenters. The number of carbonyl (C=O) groups is 1. The summed E-state index contributed by atoms with van der Waals surface area (Å²) in [6.07, 6.45) is -3.49. The van der Waals surface area contributed by atoms with E-state index in [0.717, 1.165) is 0 Å². The van der Waals surface area contributed by atoms with Crippen LogP contribution in [0.5, 0.6) is 0 Å². The molecule has 0 aliphatic carbocycles. The molecule has 0 saturated carbocycles. The third-order valence-corrected chi connectivity index (χ3v) is 2.00. The highest BCUT2D eigenvalue weighted by Gasteiger charge is 2.44. The second-order valence-electron chi connectivity index (χ2n) is 3.00. The van der Waals surface area contributed by atoms with E-state index in [2.05, 4.69) is 4.74 Å². The molecule has 5 nitrogen and oxygen atoms in total. The number of hydrogen-bond donors (Lipinski definition) is 3. The molecule has 1 rings (SSSR count). The van der Waals surface area contributed by atoms with Crippen molar-refractivity contribution >= 4 is 5.97 Å². The van der Waals surface area contributed by atoms with Crippen molar-refractivity contribution in [2.24, 2.45) is 5.92 Å². The molecule has 0 bridgehead atoms. The summed E-state index contributed by atoms with van der Waals surface area (Å²) in [6, 6.07) is 0. The maximum absolute atomic E-state index is 10.7. The summed E-state index contributed by atoms with van der Waals surface area (Å²) in [5.74, 6) is -1.19. The van der Waals surface area contributed by atoms with Gasteiger partial charge in [-0.3, -0.25) is 0 Å². The average Bonchev–Trinajstić information content (AvgIpc) is 2.32. The van der Waals surface area contributed by atoms with Crippen molar-refractivity contribution in [1.29, 1.82) is 0 Å². The summed E-state index contributed by atoms with van der Waals surface area (Å²) < 4.78 is 4.64. The second-order valence-corrected chi connectivity index (χ2v) is 3.00. The minimum atomic E-state index is -1.47. The maximum atomic E-state index is 10.7. The van der Waals surface area contributed by atoms with Crippen LogP contribution in [0.2, 0.25) is 0 Å². The van der Waals surface area contributed by atoms with Gasteiger partial charge in [-0.1, -0.05) is 6.92 Å². The second kappa shape index (κ2) is 3.38. The number of aliphatic hydroxyl groups excluding tert-OH is 3. The van der Waals surface area contributed by atoms with Crippen LogP contribution in [0, 0.1) is 5.92 Å². The fourth-order valence-corrected chi connectivity index (χ4v) is 1.15. The van der Waals surface area contributed by atoms with E-state index in [-0.39, 0.29) is 12.5 Å². The first-order valence-electron chi connectivity index (χ1n) is 3.75. The summed E-state index contributed by atoms with van der Waals surface area (Å²) >= 11 is 0. The molecule has 0 aromatic heterocycles.